The Morgan fingerprint density at radius 1 is 1.06 bits per heavy atom. The average molecular weight is 497 g/mol. The van der Waals surface area contributed by atoms with Crippen molar-refractivity contribution in [2.24, 2.45) is 0 Å². The van der Waals surface area contributed by atoms with Gasteiger partial charge in [0.25, 0.3) is 0 Å². The number of alkyl halides is 3. The SMILES string of the molecule is CC(Sc1nnc(C(C)Oc2ccc(F)cc2)n1C(C)C)C(=O)Nc1cccc(C(F)(F)F)c1. The molecule has 3 aromatic rings. The van der Waals surface area contributed by atoms with Gasteiger partial charge in [-0.05, 0) is 70.2 Å². The number of halogens is 4. The first kappa shape index (κ1) is 25.5. The molecule has 3 rings (SSSR count). The summed E-state index contributed by atoms with van der Waals surface area (Å²) in [7, 11) is 0. The minimum atomic E-state index is -4.50. The predicted octanol–water partition coefficient (Wildman–Crippen LogP) is 6.28. The normalized spacial score (nSPS) is 13.6. The molecule has 0 spiro atoms. The quantitative estimate of drug-likeness (QED) is 0.294. The van der Waals surface area contributed by atoms with E-state index in [-0.39, 0.29) is 17.5 Å². The lowest BCUT2D eigenvalue weighted by atomic mass is 10.2. The summed E-state index contributed by atoms with van der Waals surface area (Å²) in [6.07, 6.45) is -5.01. The monoisotopic (exact) mass is 496 g/mol. The number of hydrogen-bond acceptors (Lipinski definition) is 5. The maximum absolute atomic E-state index is 13.1. The molecule has 0 saturated carbocycles. The highest BCUT2D eigenvalue weighted by atomic mass is 32.2. The summed E-state index contributed by atoms with van der Waals surface area (Å²) in [6.45, 7) is 7.26. The van der Waals surface area contributed by atoms with Gasteiger partial charge in [0.1, 0.15) is 11.6 Å². The van der Waals surface area contributed by atoms with E-state index in [2.05, 4.69) is 15.5 Å². The molecular formula is C23H24F4N4O2S. The van der Waals surface area contributed by atoms with E-state index >= 15 is 0 Å². The molecule has 11 heteroatoms. The highest BCUT2D eigenvalue weighted by molar-refractivity contribution is 8.00. The van der Waals surface area contributed by atoms with Crippen LogP contribution in [-0.2, 0) is 11.0 Å². The molecule has 0 aliphatic carbocycles. The zero-order chi connectivity index (χ0) is 25.0. The second-order valence-electron chi connectivity index (χ2n) is 7.85. The first-order chi connectivity index (χ1) is 16.0. The predicted molar refractivity (Wildman–Crippen MR) is 121 cm³/mol. The zero-order valence-corrected chi connectivity index (χ0v) is 19.7. The molecule has 0 aliphatic heterocycles. The molecule has 2 atom stereocenters. The van der Waals surface area contributed by atoms with E-state index < -0.39 is 29.0 Å². The third kappa shape index (κ3) is 6.28. The fourth-order valence-corrected chi connectivity index (χ4v) is 4.12. The Labute approximate surface area is 198 Å². The van der Waals surface area contributed by atoms with Crippen molar-refractivity contribution in [1.82, 2.24) is 14.8 Å². The standard InChI is InChI=1S/C23H24F4N4O2S/c1-13(2)31-20(14(3)33-19-10-8-17(24)9-11-19)29-30-22(31)34-15(4)21(32)28-18-7-5-6-16(12-18)23(25,26)27/h5-15H,1-4H3,(H,28,32). The molecule has 0 aliphatic rings. The van der Waals surface area contributed by atoms with Crippen LogP contribution in [0.4, 0.5) is 23.2 Å². The van der Waals surface area contributed by atoms with Gasteiger partial charge in [-0.2, -0.15) is 13.2 Å². The van der Waals surface area contributed by atoms with Crippen molar-refractivity contribution in [2.45, 2.75) is 56.4 Å². The van der Waals surface area contributed by atoms with E-state index in [9.17, 15) is 22.4 Å². The number of carbonyl (C=O) groups excluding carboxylic acids is 1. The van der Waals surface area contributed by atoms with Gasteiger partial charge in [0.2, 0.25) is 5.91 Å². The number of thioether (sulfide) groups is 1. The Kier molecular flexibility index (Phi) is 7.86. The molecule has 6 nitrogen and oxygen atoms in total. The highest BCUT2D eigenvalue weighted by Crippen LogP contribution is 2.32. The van der Waals surface area contributed by atoms with E-state index in [4.69, 9.17) is 4.74 Å². The van der Waals surface area contributed by atoms with E-state index in [1.165, 1.54) is 36.4 Å². The molecule has 2 unspecified atom stereocenters. The summed E-state index contributed by atoms with van der Waals surface area (Å²) in [4.78, 5) is 12.6. The number of amides is 1. The lowest BCUT2D eigenvalue weighted by molar-refractivity contribution is -0.137. The van der Waals surface area contributed by atoms with Crippen molar-refractivity contribution in [3.63, 3.8) is 0 Å². The summed E-state index contributed by atoms with van der Waals surface area (Å²) in [6, 6.07) is 10.0. The number of nitrogens with zero attached hydrogens (tertiary/aromatic N) is 3. The third-order valence-corrected chi connectivity index (χ3v) is 5.86. The first-order valence-corrected chi connectivity index (χ1v) is 11.4. The summed E-state index contributed by atoms with van der Waals surface area (Å²) in [5.74, 6) is 0.142. The van der Waals surface area contributed by atoms with Gasteiger partial charge in [0.15, 0.2) is 17.1 Å². The molecule has 34 heavy (non-hydrogen) atoms. The number of rotatable bonds is 8. The van der Waals surface area contributed by atoms with E-state index in [1.807, 2.05) is 18.4 Å². The second-order valence-corrected chi connectivity index (χ2v) is 9.15. The van der Waals surface area contributed by atoms with E-state index in [0.29, 0.717) is 16.7 Å². The first-order valence-electron chi connectivity index (χ1n) is 10.5. The maximum Gasteiger partial charge on any atom is 0.416 e. The van der Waals surface area contributed by atoms with Crippen LogP contribution < -0.4 is 10.1 Å². The maximum atomic E-state index is 13.1. The number of ether oxygens (including phenoxy) is 1. The molecule has 2 aromatic carbocycles. The van der Waals surface area contributed by atoms with Gasteiger partial charge in [-0.3, -0.25) is 4.79 Å². The smallest absolute Gasteiger partial charge is 0.416 e. The molecule has 182 valence electrons. The molecule has 0 bridgehead atoms. The van der Waals surface area contributed by atoms with Crippen LogP contribution in [0.15, 0.2) is 53.7 Å². The molecule has 0 fully saturated rings. The molecule has 1 aromatic heterocycles. The Balaban J connectivity index is 1.73. The molecule has 1 amide bonds. The van der Waals surface area contributed by atoms with Crippen molar-refractivity contribution >= 4 is 23.4 Å². The fourth-order valence-electron chi connectivity index (χ4n) is 3.13. The Hall–Kier alpha value is -3.08. The van der Waals surface area contributed by atoms with Crippen LogP contribution in [0.2, 0.25) is 0 Å². The third-order valence-electron chi connectivity index (χ3n) is 4.81. The largest absolute Gasteiger partial charge is 0.483 e. The van der Waals surface area contributed by atoms with E-state index in [1.54, 1.807) is 13.8 Å². The van der Waals surface area contributed by atoms with Crippen LogP contribution in [0.1, 0.15) is 51.2 Å². The molecular weight excluding hydrogens is 472 g/mol. The van der Waals surface area contributed by atoms with E-state index in [0.717, 1.165) is 23.9 Å². The second kappa shape index (κ2) is 10.5. The van der Waals surface area contributed by atoms with Gasteiger partial charge < -0.3 is 14.6 Å². The van der Waals surface area contributed by atoms with Gasteiger partial charge >= 0.3 is 6.18 Å². The van der Waals surface area contributed by atoms with Crippen LogP contribution in [0.3, 0.4) is 0 Å². The van der Waals surface area contributed by atoms with Crippen LogP contribution in [0.25, 0.3) is 0 Å². The Morgan fingerprint density at radius 2 is 1.74 bits per heavy atom. The van der Waals surface area contributed by atoms with Crippen LogP contribution in [-0.4, -0.2) is 25.9 Å². The Morgan fingerprint density at radius 3 is 2.35 bits per heavy atom. The number of carbonyl (C=O) groups is 1. The van der Waals surface area contributed by atoms with Crippen LogP contribution in [0.5, 0.6) is 5.75 Å². The molecule has 0 saturated heterocycles. The minimum Gasteiger partial charge on any atom is -0.483 e. The van der Waals surface area contributed by atoms with Crippen molar-refractivity contribution < 1.29 is 27.1 Å². The molecule has 0 radical (unpaired) electrons. The Bertz CT molecular complexity index is 1130. The van der Waals surface area contributed by atoms with Gasteiger partial charge in [0.05, 0.1) is 10.8 Å². The lowest BCUT2D eigenvalue weighted by Crippen LogP contribution is -2.23. The lowest BCUT2D eigenvalue weighted by Gasteiger charge is -2.20. The minimum absolute atomic E-state index is 0.0552. The zero-order valence-electron chi connectivity index (χ0n) is 18.9. The highest BCUT2D eigenvalue weighted by Gasteiger charge is 2.31. The summed E-state index contributed by atoms with van der Waals surface area (Å²) in [5.41, 5.74) is -0.787. The summed E-state index contributed by atoms with van der Waals surface area (Å²) in [5, 5.41) is 10.7. The van der Waals surface area contributed by atoms with Crippen LogP contribution >= 0.6 is 11.8 Å². The fraction of sp³-hybridized carbons (Fsp3) is 0.348. The number of hydrogen-bond donors (Lipinski definition) is 1. The number of benzene rings is 2. The van der Waals surface area contributed by atoms with Crippen molar-refractivity contribution in [3.8, 4) is 5.75 Å². The summed E-state index contributed by atoms with van der Waals surface area (Å²) < 4.78 is 59.6. The van der Waals surface area contributed by atoms with Crippen molar-refractivity contribution in [3.05, 3.63) is 65.7 Å². The van der Waals surface area contributed by atoms with Gasteiger partial charge in [-0.25, -0.2) is 4.39 Å². The van der Waals surface area contributed by atoms with Gasteiger partial charge in [0, 0.05) is 11.7 Å². The van der Waals surface area contributed by atoms with Gasteiger partial charge in [-0.15, -0.1) is 10.2 Å². The number of nitrogens with one attached hydrogen (secondary N) is 1. The van der Waals surface area contributed by atoms with Crippen molar-refractivity contribution in [2.75, 3.05) is 5.32 Å². The average Bonchev–Trinajstić information content (AvgIpc) is 3.19. The molecule has 1 N–H and O–H groups in total. The number of anilines is 1. The molecule has 1 heterocycles. The number of aromatic nitrogens is 3. The van der Waals surface area contributed by atoms with Crippen LogP contribution in [0, 0.1) is 5.82 Å². The summed E-state index contributed by atoms with van der Waals surface area (Å²) >= 11 is 1.13. The topological polar surface area (TPSA) is 69.0 Å². The van der Waals surface area contributed by atoms with Crippen molar-refractivity contribution in [1.29, 1.82) is 0 Å². The van der Waals surface area contributed by atoms with Gasteiger partial charge in [-0.1, -0.05) is 17.8 Å².